The van der Waals surface area contributed by atoms with Gasteiger partial charge in [0.2, 0.25) is 10.0 Å². The van der Waals surface area contributed by atoms with E-state index in [9.17, 15) is 18.0 Å². The highest BCUT2D eigenvalue weighted by Gasteiger charge is 2.25. The van der Waals surface area contributed by atoms with Gasteiger partial charge in [0.25, 0.3) is 5.91 Å². The van der Waals surface area contributed by atoms with E-state index in [1.807, 2.05) is 0 Å². The van der Waals surface area contributed by atoms with E-state index in [-0.39, 0.29) is 35.2 Å². The zero-order chi connectivity index (χ0) is 22.3. The molecular formula is C20H23ClN2O6S. The number of sulfonamides is 1. The number of halogens is 1. The van der Waals surface area contributed by atoms with E-state index < -0.39 is 21.9 Å². The molecule has 162 valence electrons. The van der Waals surface area contributed by atoms with E-state index in [2.05, 4.69) is 10.1 Å². The van der Waals surface area contributed by atoms with Crippen molar-refractivity contribution in [3.63, 3.8) is 0 Å². The van der Waals surface area contributed by atoms with Crippen LogP contribution in [0.1, 0.15) is 24.2 Å². The number of benzene rings is 2. The molecule has 8 nitrogen and oxygen atoms in total. The van der Waals surface area contributed by atoms with Gasteiger partial charge in [-0.25, -0.2) is 13.2 Å². The number of esters is 1. The van der Waals surface area contributed by atoms with Crippen LogP contribution >= 0.6 is 11.6 Å². The first kappa shape index (κ1) is 23.7. The van der Waals surface area contributed by atoms with Gasteiger partial charge in [-0.1, -0.05) is 25.4 Å². The van der Waals surface area contributed by atoms with E-state index in [4.69, 9.17) is 16.3 Å². The summed E-state index contributed by atoms with van der Waals surface area (Å²) in [6, 6.07) is 10.4. The zero-order valence-corrected chi connectivity index (χ0v) is 18.4. The molecule has 0 unspecified atom stereocenters. The van der Waals surface area contributed by atoms with Gasteiger partial charge in [0.1, 0.15) is 10.6 Å². The van der Waals surface area contributed by atoms with Crippen LogP contribution in [-0.4, -0.2) is 51.4 Å². The number of hydrogen-bond acceptors (Lipinski definition) is 6. The second-order valence-corrected chi connectivity index (χ2v) is 8.39. The lowest BCUT2D eigenvalue weighted by Crippen LogP contribution is -2.31. The van der Waals surface area contributed by atoms with Crippen LogP contribution in [0.4, 0.5) is 5.69 Å². The molecule has 0 aliphatic heterocycles. The molecule has 0 fully saturated rings. The second kappa shape index (κ2) is 10.4. The molecule has 10 heteroatoms. The number of anilines is 1. The van der Waals surface area contributed by atoms with Gasteiger partial charge in [-0.05, 0) is 42.5 Å². The fourth-order valence-corrected chi connectivity index (χ4v) is 4.54. The molecule has 2 aromatic carbocycles. The molecule has 2 rings (SSSR count). The summed E-state index contributed by atoms with van der Waals surface area (Å²) in [5.74, 6) is -0.575. The number of amides is 1. The number of ether oxygens (including phenoxy) is 2. The smallest absolute Gasteiger partial charge is 0.343 e. The molecule has 0 saturated heterocycles. The second-order valence-electron chi connectivity index (χ2n) is 6.08. The number of nitrogens with one attached hydrogen (secondary N) is 1. The Hall–Kier alpha value is -2.62. The van der Waals surface area contributed by atoms with Crippen molar-refractivity contribution in [1.82, 2.24) is 4.31 Å². The summed E-state index contributed by atoms with van der Waals surface area (Å²) in [4.78, 5) is 23.6. The van der Waals surface area contributed by atoms with Crippen LogP contribution < -0.4 is 10.1 Å². The summed E-state index contributed by atoms with van der Waals surface area (Å²) < 4.78 is 36.6. The van der Waals surface area contributed by atoms with Crippen LogP contribution in [0.25, 0.3) is 0 Å². The van der Waals surface area contributed by atoms with Crippen LogP contribution in [0.15, 0.2) is 47.4 Å². The van der Waals surface area contributed by atoms with Gasteiger partial charge in [0.05, 0.1) is 12.1 Å². The molecule has 0 radical (unpaired) electrons. The molecule has 30 heavy (non-hydrogen) atoms. The monoisotopic (exact) mass is 454 g/mol. The fraction of sp³-hybridized carbons (Fsp3) is 0.300. The highest BCUT2D eigenvalue weighted by atomic mass is 35.5. The molecule has 0 atom stereocenters. The number of methoxy groups -OCH3 is 1. The molecule has 2 aromatic rings. The summed E-state index contributed by atoms with van der Waals surface area (Å²) in [7, 11) is -2.55. The average molecular weight is 455 g/mol. The Kier molecular flexibility index (Phi) is 8.22. The van der Waals surface area contributed by atoms with E-state index in [0.717, 1.165) is 0 Å². The average Bonchev–Trinajstić information content (AvgIpc) is 2.73. The SMILES string of the molecule is CCN(CC)S(=O)(=O)c1cc(C(=O)Nc2ccc(OCC(=O)OC)cc2)ccc1Cl. The third-order valence-electron chi connectivity index (χ3n) is 4.21. The molecule has 1 N–H and O–H groups in total. The number of rotatable bonds is 9. The van der Waals surface area contributed by atoms with Crippen molar-refractivity contribution < 1.29 is 27.5 Å². The Morgan fingerprint density at radius 2 is 1.70 bits per heavy atom. The van der Waals surface area contributed by atoms with Crippen molar-refractivity contribution >= 4 is 39.2 Å². The van der Waals surface area contributed by atoms with Gasteiger partial charge in [-0.15, -0.1) is 0 Å². The minimum Gasteiger partial charge on any atom is -0.482 e. The molecule has 0 saturated carbocycles. The fourth-order valence-electron chi connectivity index (χ4n) is 2.58. The van der Waals surface area contributed by atoms with Crippen LogP contribution in [0, 0.1) is 0 Å². The quantitative estimate of drug-likeness (QED) is 0.584. The van der Waals surface area contributed by atoms with Gasteiger partial charge in [0, 0.05) is 24.3 Å². The maximum atomic E-state index is 12.8. The number of hydrogen-bond donors (Lipinski definition) is 1. The Labute approximate surface area is 180 Å². The van der Waals surface area contributed by atoms with Crippen molar-refractivity contribution in [3.05, 3.63) is 53.1 Å². The van der Waals surface area contributed by atoms with Crippen molar-refractivity contribution in [1.29, 1.82) is 0 Å². The summed E-state index contributed by atoms with van der Waals surface area (Å²) >= 11 is 6.10. The maximum Gasteiger partial charge on any atom is 0.343 e. The summed E-state index contributed by atoms with van der Waals surface area (Å²) in [6.07, 6.45) is 0. The predicted octanol–water partition coefficient (Wildman–Crippen LogP) is 3.17. The lowest BCUT2D eigenvalue weighted by Gasteiger charge is -2.19. The van der Waals surface area contributed by atoms with Crippen LogP contribution in [0.2, 0.25) is 5.02 Å². The predicted molar refractivity (Wildman–Crippen MR) is 113 cm³/mol. The van der Waals surface area contributed by atoms with Gasteiger partial charge >= 0.3 is 5.97 Å². The molecule has 0 heterocycles. The van der Waals surface area contributed by atoms with Crippen molar-refractivity contribution in [2.45, 2.75) is 18.7 Å². The van der Waals surface area contributed by atoms with E-state index in [0.29, 0.717) is 11.4 Å². The summed E-state index contributed by atoms with van der Waals surface area (Å²) in [5, 5.41) is 2.73. The minimum absolute atomic E-state index is 0.0468. The lowest BCUT2D eigenvalue weighted by molar-refractivity contribution is -0.142. The van der Waals surface area contributed by atoms with Crippen molar-refractivity contribution in [2.24, 2.45) is 0 Å². The molecule has 0 spiro atoms. The van der Waals surface area contributed by atoms with E-state index >= 15 is 0 Å². The zero-order valence-electron chi connectivity index (χ0n) is 16.8. The molecule has 0 aliphatic carbocycles. The summed E-state index contributed by atoms with van der Waals surface area (Å²) in [5.41, 5.74) is 0.615. The summed E-state index contributed by atoms with van der Waals surface area (Å²) in [6.45, 7) is 3.80. The molecule has 0 aromatic heterocycles. The van der Waals surface area contributed by atoms with E-state index in [1.165, 1.54) is 29.6 Å². The standard InChI is InChI=1S/C20H23ClN2O6S/c1-4-23(5-2)30(26,27)18-12-14(6-11-17(18)21)20(25)22-15-7-9-16(10-8-15)29-13-19(24)28-3/h6-12H,4-5,13H2,1-3H3,(H,22,25). The molecule has 0 aliphatic rings. The number of carbonyl (C=O) groups is 2. The van der Waals surface area contributed by atoms with E-state index in [1.54, 1.807) is 38.1 Å². The van der Waals surface area contributed by atoms with Gasteiger partial charge in [0.15, 0.2) is 6.61 Å². The number of carbonyl (C=O) groups excluding carboxylic acids is 2. The Bertz CT molecular complexity index is 1000. The highest BCUT2D eigenvalue weighted by Crippen LogP contribution is 2.26. The lowest BCUT2D eigenvalue weighted by atomic mass is 10.2. The minimum atomic E-state index is -3.81. The Morgan fingerprint density at radius 1 is 1.07 bits per heavy atom. The Morgan fingerprint density at radius 3 is 2.27 bits per heavy atom. The highest BCUT2D eigenvalue weighted by molar-refractivity contribution is 7.89. The number of nitrogens with zero attached hydrogens (tertiary/aromatic N) is 1. The van der Waals surface area contributed by atoms with Gasteiger partial charge in [-0.2, -0.15) is 4.31 Å². The third-order valence-corrected chi connectivity index (χ3v) is 6.74. The first-order chi connectivity index (χ1) is 14.2. The van der Waals surface area contributed by atoms with Crippen LogP contribution in [0.3, 0.4) is 0 Å². The normalized spacial score (nSPS) is 11.2. The van der Waals surface area contributed by atoms with Crippen LogP contribution in [0.5, 0.6) is 5.75 Å². The van der Waals surface area contributed by atoms with Crippen LogP contribution in [-0.2, 0) is 19.6 Å². The van der Waals surface area contributed by atoms with Crippen molar-refractivity contribution in [3.8, 4) is 5.75 Å². The molecule has 1 amide bonds. The Balaban J connectivity index is 2.17. The third kappa shape index (κ3) is 5.71. The van der Waals surface area contributed by atoms with Crippen molar-refractivity contribution in [2.75, 3.05) is 32.1 Å². The molecule has 0 bridgehead atoms. The largest absolute Gasteiger partial charge is 0.482 e. The maximum absolute atomic E-state index is 12.8. The van der Waals surface area contributed by atoms with Gasteiger partial charge < -0.3 is 14.8 Å². The van der Waals surface area contributed by atoms with Gasteiger partial charge in [-0.3, -0.25) is 4.79 Å². The molecular weight excluding hydrogens is 432 g/mol. The first-order valence-electron chi connectivity index (χ1n) is 9.13. The first-order valence-corrected chi connectivity index (χ1v) is 11.0. The topological polar surface area (TPSA) is 102 Å².